The molecule has 4 aromatic rings. The van der Waals surface area contributed by atoms with Gasteiger partial charge in [-0.3, -0.25) is 9.78 Å². The smallest absolute Gasteiger partial charge is 0.389 e. The van der Waals surface area contributed by atoms with Crippen molar-refractivity contribution in [1.82, 2.24) is 4.98 Å². The molecule has 0 spiro atoms. The van der Waals surface area contributed by atoms with Crippen molar-refractivity contribution >= 4 is 27.5 Å². The predicted molar refractivity (Wildman–Crippen MR) is 197 cm³/mol. The molecule has 1 heterocycles. The first-order chi connectivity index (χ1) is 23.2. The van der Waals surface area contributed by atoms with Crippen LogP contribution in [0.1, 0.15) is 117 Å². The molecule has 2 unspecified atom stereocenters. The molecule has 1 aromatic heterocycles. The summed E-state index contributed by atoms with van der Waals surface area (Å²) >= 11 is 0. The number of alkyl halides is 3. The Morgan fingerprint density at radius 1 is 0.900 bits per heavy atom. The van der Waals surface area contributed by atoms with E-state index in [1.807, 2.05) is 64.1 Å². The number of ketones is 1. The Kier molecular flexibility index (Phi) is 14.9. The third-order valence-electron chi connectivity index (χ3n) is 10.3. The van der Waals surface area contributed by atoms with E-state index in [0.717, 1.165) is 71.6 Å². The molecule has 1 N–H and O–H groups in total. The van der Waals surface area contributed by atoms with Crippen molar-refractivity contribution in [2.24, 2.45) is 17.8 Å². The maximum atomic E-state index is 13.2. The van der Waals surface area contributed by atoms with E-state index in [-0.39, 0.29) is 60.7 Å². The van der Waals surface area contributed by atoms with Gasteiger partial charge in [-0.05, 0) is 67.4 Å². The summed E-state index contributed by atoms with van der Waals surface area (Å²) in [5.41, 5.74) is 4.80. The van der Waals surface area contributed by atoms with Gasteiger partial charge in [0.2, 0.25) is 0 Å². The SMILES string of the molecule is CC(C)(C)c1cc(-c2ccc3c(C4CCCC4CC(F)(F)F)cccc3n2)[c-]c2ccccc12.CCC(CC)C(=O)/C=C(\O)C(CC)CC.[Ir]. The first kappa shape index (κ1) is 41.4. The van der Waals surface area contributed by atoms with Gasteiger partial charge in [-0.25, -0.2) is 0 Å². The second-order valence-corrected chi connectivity index (χ2v) is 14.6. The van der Waals surface area contributed by atoms with Gasteiger partial charge in [0.25, 0.3) is 0 Å². The van der Waals surface area contributed by atoms with E-state index in [0.29, 0.717) is 6.42 Å². The van der Waals surface area contributed by atoms with E-state index in [2.05, 4.69) is 51.1 Å². The number of halogens is 3. The van der Waals surface area contributed by atoms with Gasteiger partial charge in [-0.15, -0.1) is 29.1 Å². The Hall–Kier alpha value is -3.02. The second kappa shape index (κ2) is 18.0. The molecule has 50 heavy (non-hydrogen) atoms. The summed E-state index contributed by atoms with van der Waals surface area (Å²) in [5, 5.41) is 13.0. The van der Waals surface area contributed by atoms with Gasteiger partial charge in [-0.1, -0.05) is 108 Å². The maximum absolute atomic E-state index is 13.2. The monoisotopic (exact) mass is 865 g/mol. The topological polar surface area (TPSA) is 50.2 Å². The van der Waals surface area contributed by atoms with Crippen LogP contribution < -0.4 is 0 Å². The molecule has 5 rings (SSSR count). The summed E-state index contributed by atoms with van der Waals surface area (Å²) in [6.07, 6.45) is 2.35. The number of carbonyl (C=O) groups is 1. The van der Waals surface area contributed by atoms with Gasteiger partial charge in [0.1, 0.15) is 0 Å². The van der Waals surface area contributed by atoms with Crippen molar-refractivity contribution in [2.45, 2.75) is 117 Å². The molecule has 1 fully saturated rings. The molecule has 0 bridgehead atoms. The number of nitrogens with zero attached hydrogens (tertiary/aromatic N) is 1. The van der Waals surface area contributed by atoms with Crippen molar-refractivity contribution in [3.63, 3.8) is 0 Å². The summed E-state index contributed by atoms with van der Waals surface area (Å²) in [4.78, 5) is 16.7. The van der Waals surface area contributed by atoms with Gasteiger partial charge >= 0.3 is 6.18 Å². The number of hydrogen-bond donors (Lipinski definition) is 1. The molecule has 1 saturated carbocycles. The van der Waals surface area contributed by atoms with Crippen LogP contribution in [-0.2, 0) is 30.3 Å². The molecule has 1 radical (unpaired) electrons. The van der Waals surface area contributed by atoms with E-state index < -0.39 is 12.6 Å². The van der Waals surface area contributed by atoms with Crippen LogP contribution in [0.3, 0.4) is 0 Å². The van der Waals surface area contributed by atoms with Crippen molar-refractivity contribution < 1.29 is 43.2 Å². The standard InChI is InChI=1S/C30H29F3N.C13H24O2.Ir/c1-29(2,3)26-17-21(16-19-8-4-5-10-23(19)26)27-15-14-25-24(12-7-13-28(25)34-27)22-11-6-9-20(22)18-30(31,32)33;1-5-10(6-2)12(14)9-13(15)11(7-3)8-4;/h4-5,7-8,10,12-15,17,20,22H,6,9,11,18H2,1-3H3;9-11,14H,5-8H2,1-4H3;/q-1;;/b;12-9-;. The number of aliphatic hydroxyl groups is 1. The Labute approximate surface area is 310 Å². The van der Waals surface area contributed by atoms with E-state index in [1.54, 1.807) is 0 Å². The minimum atomic E-state index is -4.13. The van der Waals surface area contributed by atoms with Crippen molar-refractivity contribution in [3.8, 4) is 11.3 Å². The average molecular weight is 865 g/mol. The van der Waals surface area contributed by atoms with E-state index in [1.165, 1.54) is 17.0 Å². The molecule has 1 aliphatic rings. The van der Waals surface area contributed by atoms with E-state index in [9.17, 15) is 23.1 Å². The van der Waals surface area contributed by atoms with Gasteiger partial charge in [0.05, 0.1) is 11.3 Å². The van der Waals surface area contributed by atoms with Gasteiger partial charge in [0, 0.05) is 55.5 Å². The van der Waals surface area contributed by atoms with Crippen LogP contribution in [0.2, 0.25) is 0 Å². The van der Waals surface area contributed by atoms with Crippen LogP contribution >= 0.6 is 0 Å². The molecule has 1 aliphatic carbocycles. The third-order valence-corrected chi connectivity index (χ3v) is 10.3. The molecule has 273 valence electrons. The summed E-state index contributed by atoms with van der Waals surface area (Å²) in [6, 6.07) is 23.9. The zero-order valence-corrected chi connectivity index (χ0v) is 33.0. The van der Waals surface area contributed by atoms with E-state index >= 15 is 0 Å². The largest absolute Gasteiger partial charge is 0.512 e. The number of aromatic nitrogens is 1. The van der Waals surface area contributed by atoms with Crippen LogP contribution in [0.25, 0.3) is 32.9 Å². The molecule has 0 aliphatic heterocycles. The fourth-order valence-electron chi connectivity index (χ4n) is 7.41. The molecule has 3 nitrogen and oxygen atoms in total. The summed E-state index contributed by atoms with van der Waals surface area (Å²) in [5.74, 6) is 0.122. The maximum Gasteiger partial charge on any atom is 0.389 e. The van der Waals surface area contributed by atoms with Gasteiger partial charge in [-0.2, -0.15) is 13.2 Å². The molecular weight excluding hydrogens is 812 g/mol. The number of carbonyl (C=O) groups excluding carboxylic acids is 1. The molecular formula is C43H53F3IrNO2-. The van der Waals surface area contributed by atoms with Gasteiger partial charge < -0.3 is 5.11 Å². The zero-order valence-electron chi connectivity index (χ0n) is 30.6. The zero-order chi connectivity index (χ0) is 35.9. The molecule has 0 amide bonds. The summed E-state index contributed by atoms with van der Waals surface area (Å²) in [6.45, 7) is 14.7. The number of fused-ring (bicyclic) bond motifs is 2. The second-order valence-electron chi connectivity index (χ2n) is 14.6. The number of allylic oxidation sites excluding steroid dienone is 2. The Bertz CT molecular complexity index is 1750. The van der Waals surface area contributed by atoms with Crippen molar-refractivity contribution in [2.75, 3.05) is 0 Å². The first-order valence-electron chi connectivity index (χ1n) is 18.1. The Morgan fingerprint density at radius 3 is 2.18 bits per heavy atom. The molecule has 0 saturated heterocycles. The Morgan fingerprint density at radius 2 is 1.56 bits per heavy atom. The quantitative estimate of drug-likeness (QED) is 0.0981. The number of benzene rings is 3. The van der Waals surface area contributed by atoms with Crippen LogP contribution in [0.5, 0.6) is 0 Å². The minimum Gasteiger partial charge on any atom is -0.512 e. The number of pyridine rings is 1. The fourth-order valence-corrected chi connectivity index (χ4v) is 7.41. The van der Waals surface area contributed by atoms with E-state index in [4.69, 9.17) is 4.98 Å². The average Bonchev–Trinajstić information content (AvgIpc) is 3.51. The molecule has 2 atom stereocenters. The first-order valence-corrected chi connectivity index (χ1v) is 18.1. The Balaban J connectivity index is 0.000000361. The summed E-state index contributed by atoms with van der Waals surface area (Å²) in [7, 11) is 0. The number of hydrogen-bond acceptors (Lipinski definition) is 3. The van der Waals surface area contributed by atoms with Crippen LogP contribution in [0, 0.1) is 23.8 Å². The minimum absolute atomic E-state index is 0. The normalized spacial score (nSPS) is 16.8. The number of rotatable bonds is 10. The van der Waals surface area contributed by atoms with Crippen LogP contribution in [-0.4, -0.2) is 22.1 Å². The summed E-state index contributed by atoms with van der Waals surface area (Å²) < 4.78 is 39.5. The predicted octanol–water partition coefficient (Wildman–Crippen LogP) is 12.9. The van der Waals surface area contributed by atoms with Crippen molar-refractivity contribution in [3.05, 3.63) is 89.7 Å². The fraction of sp³-hybridized carbons (Fsp3) is 0.488. The van der Waals surface area contributed by atoms with Crippen LogP contribution in [0.4, 0.5) is 13.2 Å². The molecule has 3 aromatic carbocycles. The molecule has 7 heteroatoms. The number of aliphatic hydroxyl groups excluding tert-OH is 1. The third kappa shape index (κ3) is 10.3. The van der Waals surface area contributed by atoms with Gasteiger partial charge in [0.15, 0.2) is 5.78 Å². The van der Waals surface area contributed by atoms with Crippen LogP contribution in [0.15, 0.2) is 72.5 Å². The van der Waals surface area contributed by atoms with Crippen molar-refractivity contribution in [1.29, 1.82) is 0 Å².